The maximum Gasteiger partial charge on any atom is 0.347 e. The highest BCUT2D eigenvalue weighted by atomic mass is 35.5. The van der Waals surface area contributed by atoms with Crippen molar-refractivity contribution in [3.05, 3.63) is 29.3 Å². The van der Waals surface area contributed by atoms with Gasteiger partial charge in [-0.1, -0.05) is 11.6 Å². The fraction of sp³-hybridized carbons (Fsp3) is 0.385. The van der Waals surface area contributed by atoms with Gasteiger partial charge in [0.2, 0.25) is 16.1 Å². The molecule has 2 rings (SSSR count). The van der Waals surface area contributed by atoms with Crippen molar-refractivity contribution in [1.29, 1.82) is 0 Å². The Morgan fingerprint density at radius 3 is 2.59 bits per heavy atom. The van der Waals surface area contributed by atoms with E-state index < -0.39 is 34.6 Å². The standard InChI is InChI=1S/C13H14ClNO6S/c1-15(8-12(16)21-11-6-7-20-13(11)17)22(18,19)10-4-2-9(14)3-5-10/h2-5,11H,6-8H2,1H3/t11-/m0/s1. The summed E-state index contributed by atoms with van der Waals surface area (Å²) < 4.78 is 34.9. The molecular formula is C13H14ClNO6S. The Hall–Kier alpha value is -1.64. The van der Waals surface area contributed by atoms with E-state index in [1.165, 1.54) is 31.3 Å². The average molecular weight is 348 g/mol. The SMILES string of the molecule is CN(CC(=O)O[C@H]1CCOC1=O)S(=O)(=O)c1ccc(Cl)cc1. The van der Waals surface area contributed by atoms with Crippen LogP contribution < -0.4 is 0 Å². The fourth-order valence-electron chi connectivity index (χ4n) is 1.83. The molecule has 0 amide bonds. The van der Waals surface area contributed by atoms with E-state index in [2.05, 4.69) is 4.74 Å². The number of sulfonamides is 1. The van der Waals surface area contributed by atoms with E-state index in [0.717, 1.165) is 4.31 Å². The first-order valence-electron chi connectivity index (χ1n) is 6.39. The molecule has 0 spiro atoms. The molecule has 0 radical (unpaired) electrons. The van der Waals surface area contributed by atoms with Crippen LogP contribution in [0, 0.1) is 0 Å². The number of cyclic esters (lactones) is 1. The van der Waals surface area contributed by atoms with Crippen LogP contribution in [0.5, 0.6) is 0 Å². The van der Waals surface area contributed by atoms with Crippen molar-refractivity contribution >= 4 is 33.6 Å². The van der Waals surface area contributed by atoms with Crippen molar-refractivity contribution in [3.63, 3.8) is 0 Å². The predicted octanol–water partition coefficient (Wildman–Crippen LogP) is 0.819. The van der Waals surface area contributed by atoms with Crippen molar-refractivity contribution in [1.82, 2.24) is 4.31 Å². The highest BCUT2D eigenvalue weighted by Crippen LogP contribution is 2.18. The number of carbonyl (C=O) groups excluding carboxylic acids is 2. The van der Waals surface area contributed by atoms with Crippen LogP contribution in [-0.2, 0) is 29.1 Å². The van der Waals surface area contributed by atoms with Gasteiger partial charge in [-0.3, -0.25) is 4.79 Å². The third kappa shape index (κ3) is 3.76. The van der Waals surface area contributed by atoms with E-state index in [4.69, 9.17) is 16.3 Å². The minimum atomic E-state index is -3.84. The molecule has 1 fully saturated rings. The number of carbonyl (C=O) groups is 2. The molecule has 1 aromatic rings. The summed E-state index contributed by atoms with van der Waals surface area (Å²) in [4.78, 5) is 22.9. The number of rotatable bonds is 5. The van der Waals surface area contributed by atoms with Crippen molar-refractivity contribution < 1.29 is 27.5 Å². The molecular weight excluding hydrogens is 334 g/mol. The molecule has 7 nitrogen and oxygen atoms in total. The minimum Gasteiger partial charge on any atom is -0.463 e. The summed E-state index contributed by atoms with van der Waals surface area (Å²) in [6.45, 7) is -0.315. The van der Waals surface area contributed by atoms with E-state index >= 15 is 0 Å². The third-order valence-electron chi connectivity index (χ3n) is 3.03. The molecule has 120 valence electrons. The van der Waals surface area contributed by atoms with Gasteiger partial charge in [0.1, 0.15) is 6.54 Å². The van der Waals surface area contributed by atoms with Crippen molar-refractivity contribution in [2.24, 2.45) is 0 Å². The van der Waals surface area contributed by atoms with Crippen LogP contribution in [0.3, 0.4) is 0 Å². The normalized spacial score (nSPS) is 18.3. The number of halogens is 1. The molecule has 0 aromatic heterocycles. The van der Waals surface area contributed by atoms with Gasteiger partial charge in [0, 0.05) is 18.5 Å². The maximum absolute atomic E-state index is 12.3. The number of esters is 2. The first kappa shape index (κ1) is 16.7. The first-order valence-corrected chi connectivity index (χ1v) is 8.20. The zero-order valence-electron chi connectivity index (χ0n) is 11.7. The van der Waals surface area contributed by atoms with E-state index in [1.54, 1.807) is 0 Å². The van der Waals surface area contributed by atoms with Gasteiger partial charge in [-0.25, -0.2) is 13.2 Å². The van der Waals surface area contributed by atoms with Crippen LogP contribution in [0.25, 0.3) is 0 Å². The maximum atomic E-state index is 12.3. The molecule has 1 heterocycles. The van der Waals surface area contributed by atoms with Gasteiger partial charge in [-0.2, -0.15) is 4.31 Å². The van der Waals surface area contributed by atoms with Crippen LogP contribution in [0.1, 0.15) is 6.42 Å². The quantitative estimate of drug-likeness (QED) is 0.732. The summed E-state index contributed by atoms with van der Waals surface area (Å²) in [5.41, 5.74) is 0. The molecule has 1 aromatic carbocycles. The highest BCUT2D eigenvalue weighted by Gasteiger charge is 2.31. The number of ether oxygens (including phenoxy) is 2. The monoisotopic (exact) mass is 347 g/mol. The molecule has 1 aliphatic heterocycles. The van der Waals surface area contributed by atoms with E-state index in [-0.39, 0.29) is 17.9 Å². The lowest BCUT2D eigenvalue weighted by Gasteiger charge is -2.17. The minimum absolute atomic E-state index is 0.00692. The lowest BCUT2D eigenvalue weighted by molar-refractivity contribution is -0.160. The Morgan fingerprint density at radius 1 is 1.41 bits per heavy atom. The summed E-state index contributed by atoms with van der Waals surface area (Å²) in [6, 6.07) is 5.56. The van der Waals surface area contributed by atoms with Crippen LogP contribution >= 0.6 is 11.6 Å². The fourth-order valence-corrected chi connectivity index (χ4v) is 3.07. The molecule has 0 bridgehead atoms. The van der Waals surface area contributed by atoms with E-state index in [0.29, 0.717) is 5.02 Å². The number of nitrogens with zero attached hydrogens (tertiary/aromatic N) is 1. The zero-order valence-corrected chi connectivity index (χ0v) is 13.3. The van der Waals surface area contributed by atoms with Gasteiger partial charge in [-0.15, -0.1) is 0 Å². The van der Waals surface area contributed by atoms with E-state index in [9.17, 15) is 18.0 Å². The lowest BCUT2D eigenvalue weighted by Crippen LogP contribution is -2.35. The van der Waals surface area contributed by atoms with Gasteiger partial charge in [0.15, 0.2) is 0 Å². The van der Waals surface area contributed by atoms with Crippen LogP contribution in [-0.4, -0.2) is 51.0 Å². The molecule has 9 heteroatoms. The van der Waals surface area contributed by atoms with Gasteiger partial charge in [-0.05, 0) is 24.3 Å². The second-order valence-electron chi connectivity index (χ2n) is 4.65. The number of hydrogen-bond donors (Lipinski definition) is 0. The second-order valence-corrected chi connectivity index (χ2v) is 7.13. The molecule has 0 saturated carbocycles. The lowest BCUT2D eigenvalue weighted by atomic mass is 10.3. The summed E-state index contributed by atoms with van der Waals surface area (Å²) in [6.07, 6.45) is -0.683. The van der Waals surface area contributed by atoms with Gasteiger partial charge < -0.3 is 9.47 Å². The molecule has 0 N–H and O–H groups in total. The zero-order chi connectivity index (χ0) is 16.3. The second kappa shape index (κ2) is 6.64. The Balaban J connectivity index is 2.01. The number of benzene rings is 1. The topological polar surface area (TPSA) is 90.0 Å². The average Bonchev–Trinajstić information content (AvgIpc) is 2.84. The van der Waals surface area contributed by atoms with Crippen molar-refractivity contribution in [3.8, 4) is 0 Å². The summed E-state index contributed by atoms with van der Waals surface area (Å²) >= 11 is 5.71. The molecule has 0 unspecified atom stereocenters. The summed E-state index contributed by atoms with van der Waals surface area (Å²) in [5, 5.41) is 0.403. The van der Waals surface area contributed by atoms with Crippen LogP contribution in [0.15, 0.2) is 29.2 Å². The predicted molar refractivity (Wildman–Crippen MR) is 76.7 cm³/mol. The Morgan fingerprint density at radius 2 is 2.05 bits per heavy atom. The van der Waals surface area contributed by atoms with Crippen LogP contribution in [0.4, 0.5) is 0 Å². The van der Waals surface area contributed by atoms with Crippen LogP contribution in [0.2, 0.25) is 5.02 Å². The number of likely N-dealkylation sites (N-methyl/N-ethyl adjacent to an activating group) is 1. The first-order chi connectivity index (χ1) is 10.3. The number of hydrogen-bond acceptors (Lipinski definition) is 6. The van der Waals surface area contributed by atoms with E-state index in [1.807, 2.05) is 0 Å². The van der Waals surface area contributed by atoms with Crippen molar-refractivity contribution in [2.45, 2.75) is 17.4 Å². The summed E-state index contributed by atoms with van der Waals surface area (Å²) in [7, 11) is -2.59. The smallest absolute Gasteiger partial charge is 0.347 e. The third-order valence-corrected chi connectivity index (χ3v) is 5.10. The summed E-state index contributed by atoms with van der Waals surface area (Å²) in [5.74, 6) is -1.43. The van der Waals surface area contributed by atoms with Gasteiger partial charge in [0.05, 0.1) is 11.5 Å². The Bertz CT molecular complexity index is 672. The molecule has 1 atom stereocenters. The van der Waals surface area contributed by atoms with Gasteiger partial charge in [0.25, 0.3) is 0 Å². The highest BCUT2D eigenvalue weighted by molar-refractivity contribution is 7.89. The molecule has 0 aliphatic carbocycles. The molecule has 1 saturated heterocycles. The largest absolute Gasteiger partial charge is 0.463 e. The molecule has 1 aliphatic rings. The Labute approximate surface area is 132 Å². The van der Waals surface area contributed by atoms with Gasteiger partial charge >= 0.3 is 11.9 Å². The van der Waals surface area contributed by atoms with Crippen molar-refractivity contribution in [2.75, 3.05) is 20.2 Å². The molecule has 22 heavy (non-hydrogen) atoms. The Kier molecular flexibility index (Phi) is 5.05.